The van der Waals surface area contributed by atoms with Gasteiger partial charge in [0.15, 0.2) is 6.61 Å². The molecule has 7 nitrogen and oxygen atoms in total. The molecule has 0 bridgehead atoms. The standard InChI is InChI=1S/C20H24ClN3O4S/c1-15-3-4-16(13-19(15)21)22-29(26,27)18-7-5-17(6-8-18)28-14-20(25)24-11-9-23(2)10-12-24/h3-8,13,22H,9-12,14H2,1-2H3. The first-order chi connectivity index (χ1) is 13.7. The summed E-state index contributed by atoms with van der Waals surface area (Å²) in [7, 11) is -1.73. The first-order valence-electron chi connectivity index (χ1n) is 9.23. The number of nitrogens with zero attached hydrogens (tertiary/aromatic N) is 2. The van der Waals surface area contributed by atoms with Gasteiger partial charge < -0.3 is 14.5 Å². The van der Waals surface area contributed by atoms with E-state index >= 15 is 0 Å². The molecule has 0 spiro atoms. The highest BCUT2D eigenvalue weighted by Gasteiger charge is 2.19. The van der Waals surface area contributed by atoms with Gasteiger partial charge in [-0.25, -0.2) is 8.42 Å². The highest BCUT2D eigenvalue weighted by molar-refractivity contribution is 7.92. The number of amides is 1. The smallest absolute Gasteiger partial charge is 0.261 e. The normalized spacial score (nSPS) is 15.2. The number of hydrogen-bond donors (Lipinski definition) is 1. The minimum atomic E-state index is -3.76. The highest BCUT2D eigenvalue weighted by atomic mass is 35.5. The Labute approximate surface area is 176 Å². The minimum absolute atomic E-state index is 0.0735. The fourth-order valence-corrected chi connectivity index (χ4v) is 4.11. The van der Waals surface area contributed by atoms with Gasteiger partial charge >= 0.3 is 0 Å². The van der Waals surface area contributed by atoms with Crippen molar-refractivity contribution in [1.82, 2.24) is 9.80 Å². The molecule has 29 heavy (non-hydrogen) atoms. The van der Waals surface area contributed by atoms with Gasteiger partial charge in [-0.2, -0.15) is 0 Å². The van der Waals surface area contributed by atoms with Crippen LogP contribution in [0, 0.1) is 6.92 Å². The van der Waals surface area contributed by atoms with Gasteiger partial charge in [0.25, 0.3) is 15.9 Å². The Morgan fingerprint density at radius 3 is 2.38 bits per heavy atom. The maximum Gasteiger partial charge on any atom is 0.261 e. The van der Waals surface area contributed by atoms with E-state index in [0.29, 0.717) is 29.5 Å². The van der Waals surface area contributed by atoms with Gasteiger partial charge in [0.05, 0.1) is 10.6 Å². The second-order valence-electron chi connectivity index (χ2n) is 7.01. The lowest BCUT2D eigenvalue weighted by atomic mass is 10.2. The van der Waals surface area contributed by atoms with E-state index in [1.165, 1.54) is 24.3 Å². The van der Waals surface area contributed by atoms with Crippen molar-refractivity contribution in [3.8, 4) is 5.75 Å². The Hall–Kier alpha value is -2.29. The molecule has 0 radical (unpaired) electrons. The number of halogens is 1. The van der Waals surface area contributed by atoms with E-state index in [1.807, 2.05) is 14.0 Å². The Morgan fingerprint density at radius 2 is 1.76 bits per heavy atom. The van der Waals surface area contributed by atoms with E-state index in [4.69, 9.17) is 16.3 Å². The molecule has 0 unspecified atom stereocenters. The summed E-state index contributed by atoms with van der Waals surface area (Å²) in [5, 5.41) is 0.485. The predicted molar refractivity (Wildman–Crippen MR) is 113 cm³/mol. The van der Waals surface area contributed by atoms with E-state index < -0.39 is 10.0 Å². The van der Waals surface area contributed by atoms with E-state index in [-0.39, 0.29) is 17.4 Å². The number of carbonyl (C=O) groups is 1. The van der Waals surface area contributed by atoms with Gasteiger partial charge in [0.2, 0.25) is 0 Å². The molecule has 2 aromatic carbocycles. The van der Waals surface area contributed by atoms with Crippen molar-refractivity contribution in [2.45, 2.75) is 11.8 Å². The quantitative estimate of drug-likeness (QED) is 0.751. The molecular weight excluding hydrogens is 414 g/mol. The zero-order valence-electron chi connectivity index (χ0n) is 16.4. The van der Waals surface area contributed by atoms with Crippen LogP contribution in [0.5, 0.6) is 5.75 Å². The van der Waals surface area contributed by atoms with Crippen molar-refractivity contribution in [2.75, 3.05) is 44.6 Å². The molecule has 3 rings (SSSR count). The molecule has 0 aromatic heterocycles. The van der Waals surface area contributed by atoms with Gasteiger partial charge in [-0.15, -0.1) is 0 Å². The molecule has 1 saturated heterocycles. The third kappa shape index (κ3) is 5.62. The van der Waals surface area contributed by atoms with Crippen molar-refractivity contribution in [1.29, 1.82) is 0 Å². The number of aryl methyl sites for hydroxylation is 1. The summed E-state index contributed by atoms with van der Waals surface area (Å²) in [4.78, 5) is 16.3. The topological polar surface area (TPSA) is 78.9 Å². The average molecular weight is 438 g/mol. The zero-order valence-corrected chi connectivity index (χ0v) is 18.0. The third-order valence-corrected chi connectivity index (χ3v) is 6.58. The van der Waals surface area contributed by atoms with Crippen LogP contribution in [0.2, 0.25) is 5.02 Å². The van der Waals surface area contributed by atoms with Gasteiger partial charge in [-0.1, -0.05) is 17.7 Å². The second kappa shape index (κ2) is 9.02. The predicted octanol–water partition coefficient (Wildman–Crippen LogP) is 2.60. The fourth-order valence-electron chi connectivity index (χ4n) is 2.88. The van der Waals surface area contributed by atoms with Crippen molar-refractivity contribution in [2.24, 2.45) is 0 Å². The van der Waals surface area contributed by atoms with Gasteiger partial charge in [0, 0.05) is 31.2 Å². The van der Waals surface area contributed by atoms with Crippen LogP contribution >= 0.6 is 11.6 Å². The number of hydrogen-bond acceptors (Lipinski definition) is 5. The van der Waals surface area contributed by atoms with E-state index in [9.17, 15) is 13.2 Å². The molecule has 1 fully saturated rings. The summed E-state index contributed by atoms with van der Waals surface area (Å²) in [5.74, 6) is 0.359. The number of sulfonamides is 1. The molecule has 1 amide bonds. The Kier molecular flexibility index (Phi) is 6.66. The Bertz CT molecular complexity index is 972. The molecule has 0 saturated carbocycles. The number of ether oxygens (including phenoxy) is 1. The molecule has 0 atom stereocenters. The molecule has 1 N–H and O–H groups in total. The van der Waals surface area contributed by atoms with Crippen molar-refractivity contribution < 1.29 is 17.9 Å². The van der Waals surface area contributed by atoms with Gasteiger partial charge in [0.1, 0.15) is 5.75 Å². The van der Waals surface area contributed by atoms with Crippen LogP contribution in [0.15, 0.2) is 47.4 Å². The molecule has 9 heteroatoms. The van der Waals surface area contributed by atoms with Crippen LogP contribution in [0.25, 0.3) is 0 Å². The van der Waals surface area contributed by atoms with E-state index in [2.05, 4.69) is 9.62 Å². The Balaban J connectivity index is 1.58. The summed E-state index contributed by atoms with van der Waals surface area (Å²) in [5.41, 5.74) is 1.25. The SMILES string of the molecule is Cc1ccc(NS(=O)(=O)c2ccc(OCC(=O)N3CCN(C)CC3)cc2)cc1Cl. The van der Waals surface area contributed by atoms with Gasteiger partial charge in [-0.05, 0) is 55.9 Å². The van der Waals surface area contributed by atoms with Crippen LogP contribution < -0.4 is 9.46 Å². The van der Waals surface area contributed by atoms with E-state index in [0.717, 1.165) is 18.7 Å². The first kappa shape index (κ1) is 21.4. The maximum absolute atomic E-state index is 12.5. The Morgan fingerprint density at radius 1 is 1.10 bits per heavy atom. The minimum Gasteiger partial charge on any atom is -0.484 e. The highest BCUT2D eigenvalue weighted by Crippen LogP contribution is 2.23. The zero-order chi connectivity index (χ0) is 21.0. The molecule has 2 aromatic rings. The van der Waals surface area contributed by atoms with Crippen LogP contribution in [-0.4, -0.2) is 64.0 Å². The lowest BCUT2D eigenvalue weighted by Gasteiger charge is -2.32. The molecule has 1 heterocycles. The number of piperazine rings is 1. The first-order valence-corrected chi connectivity index (χ1v) is 11.1. The fraction of sp³-hybridized carbons (Fsp3) is 0.350. The second-order valence-corrected chi connectivity index (χ2v) is 9.10. The summed E-state index contributed by atoms with van der Waals surface area (Å²) in [6, 6.07) is 10.9. The molecular formula is C20H24ClN3O4S. The van der Waals surface area contributed by atoms with Crippen LogP contribution in [0.3, 0.4) is 0 Å². The van der Waals surface area contributed by atoms with Crippen LogP contribution in [0.1, 0.15) is 5.56 Å². The van der Waals surface area contributed by atoms with Crippen LogP contribution in [0.4, 0.5) is 5.69 Å². The number of carbonyl (C=O) groups excluding carboxylic acids is 1. The number of rotatable bonds is 6. The summed E-state index contributed by atoms with van der Waals surface area (Å²) >= 11 is 6.05. The summed E-state index contributed by atoms with van der Waals surface area (Å²) < 4.78 is 33.1. The summed E-state index contributed by atoms with van der Waals surface area (Å²) in [6.45, 7) is 4.83. The molecule has 156 valence electrons. The van der Waals surface area contributed by atoms with Crippen molar-refractivity contribution in [3.05, 3.63) is 53.1 Å². The number of anilines is 1. The largest absolute Gasteiger partial charge is 0.484 e. The lowest BCUT2D eigenvalue weighted by Crippen LogP contribution is -2.48. The van der Waals surface area contributed by atoms with E-state index in [1.54, 1.807) is 23.1 Å². The van der Waals surface area contributed by atoms with Crippen molar-refractivity contribution >= 4 is 33.2 Å². The maximum atomic E-state index is 12.5. The van der Waals surface area contributed by atoms with Crippen LogP contribution in [-0.2, 0) is 14.8 Å². The number of likely N-dealkylation sites (N-methyl/N-ethyl adjacent to an activating group) is 1. The molecule has 1 aliphatic heterocycles. The van der Waals surface area contributed by atoms with Crippen molar-refractivity contribution in [3.63, 3.8) is 0 Å². The van der Waals surface area contributed by atoms with Gasteiger partial charge in [-0.3, -0.25) is 9.52 Å². The summed E-state index contributed by atoms with van der Waals surface area (Å²) in [6.07, 6.45) is 0. The number of benzene rings is 2. The lowest BCUT2D eigenvalue weighted by molar-refractivity contribution is -0.134. The number of nitrogens with one attached hydrogen (secondary N) is 1. The monoisotopic (exact) mass is 437 g/mol. The average Bonchev–Trinajstić information content (AvgIpc) is 2.69. The molecule has 1 aliphatic rings. The third-order valence-electron chi connectivity index (χ3n) is 4.78. The molecule has 0 aliphatic carbocycles.